The van der Waals surface area contributed by atoms with Crippen molar-refractivity contribution in [1.82, 2.24) is 45.0 Å². The molecule has 3 aromatic heterocycles. The van der Waals surface area contributed by atoms with Crippen molar-refractivity contribution in [3.8, 4) is 0 Å². The van der Waals surface area contributed by atoms with E-state index in [2.05, 4.69) is 0 Å². The Morgan fingerprint density at radius 1 is 0.246 bits per heavy atom. The molecule has 15 unspecified atom stereocenters. The molecule has 12 bridgehead atoms. The van der Waals surface area contributed by atoms with Crippen molar-refractivity contribution in [2.45, 2.75) is 171 Å². The molecule has 0 aliphatic carbocycles. The van der Waals surface area contributed by atoms with Crippen LogP contribution < -0.4 is 0 Å². The van der Waals surface area contributed by atoms with E-state index in [1.807, 2.05) is 292 Å². The lowest BCUT2D eigenvalue weighted by atomic mass is 9.97. The first-order chi connectivity index (χ1) is 56.5. The summed E-state index contributed by atoms with van der Waals surface area (Å²) in [4.78, 5) is 0. The number of rotatable bonds is 30. The fourth-order valence-electron chi connectivity index (χ4n) is 14.7. The normalized spacial score (nSPS) is 24.5. The minimum absolute atomic E-state index is 0.0474. The molecule has 19 rings (SSSR count). The maximum atomic E-state index is 7.42. The van der Waals surface area contributed by atoms with Crippen molar-refractivity contribution in [2.24, 2.45) is 0 Å². The molecule has 15 atom stereocenters. The van der Waals surface area contributed by atoms with Crippen LogP contribution in [0.15, 0.2) is 292 Å². The van der Waals surface area contributed by atoms with Crippen molar-refractivity contribution in [2.75, 3.05) is 19.8 Å². The van der Waals surface area contributed by atoms with Crippen molar-refractivity contribution in [1.29, 1.82) is 0 Å². The van der Waals surface area contributed by atoms with Gasteiger partial charge in [-0.2, -0.15) is 0 Å². The Labute approximate surface area is 662 Å². The smallest absolute Gasteiger partial charge is 0.181 e. The van der Waals surface area contributed by atoms with E-state index in [4.69, 9.17) is 102 Å². The molecular weight excluding hydrogens is 1450 g/mol. The molecule has 114 heavy (non-hydrogen) atoms. The van der Waals surface area contributed by atoms with Gasteiger partial charge in [0.2, 0.25) is 0 Å². The molecule has 0 radical (unpaired) electrons. The average molecular weight is 1540 g/mol. The van der Waals surface area contributed by atoms with E-state index in [0.717, 1.165) is 50.1 Å². The molecule has 24 heteroatoms. The predicted octanol–water partition coefficient (Wildman–Crippen LogP) is 13.4. The monoisotopic (exact) mass is 1540 g/mol. The molecule has 0 N–H and O–H groups in total. The fraction of sp³-hybridized carbons (Fsp3) is 0.333. The van der Waals surface area contributed by atoms with Crippen molar-refractivity contribution < 1.29 is 71.1 Å². The Balaban J connectivity index is 0.836. The van der Waals surface area contributed by atoms with Gasteiger partial charge in [0.15, 0.2) is 18.7 Å². The molecule has 7 aliphatic rings. The summed E-state index contributed by atoms with van der Waals surface area (Å²) in [5.41, 5.74) is 9.80. The van der Waals surface area contributed by atoms with Gasteiger partial charge in [-0.3, -0.25) is 0 Å². The van der Waals surface area contributed by atoms with E-state index >= 15 is 0 Å². The van der Waals surface area contributed by atoms with Gasteiger partial charge in [0.05, 0.1) is 118 Å². The second kappa shape index (κ2) is 39.7. The zero-order valence-electron chi connectivity index (χ0n) is 63.1. The molecule has 0 spiro atoms. The highest BCUT2D eigenvalue weighted by atomic mass is 16.7. The number of ether oxygens (including phenoxy) is 15. The van der Waals surface area contributed by atoms with Crippen LogP contribution in [-0.4, -0.2) is 138 Å². The van der Waals surface area contributed by atoms with Gasteiger partial charge in [-0.25, -0.2) is 14.0 Å². The summed E-state index contributed by atoms with van der Waals surface area (Å²) in [5, 5.41) is 29.2. The lowest BCUT2D eigenvalue weighted by molar-refractivity contribution is -0.293. The number of hydrogen-bond acceptors (Lipinski definition) is 21. The van der Waals surface area contributed by atoms with Crippen LogP contribution in [0.2, 0.25) is 0 Å². The van der Waals surface area contributed by atoms with Gasteiger partial charge in [-0.05, 0) is 50.1 Å². The van der Waals surface area contributed by atoms with E-state index in [0.29, 0.717) is 17.1 Å². The summed E-state index contributed by atoms with van der Waals surface area (Å²) in [7, 11) is 0. The first kappa shape index (κ1) is 77.7. The summed E-state index contributed by atoms with van der Waals surface area (Å²) in [5.74, 6) is 0. The van der Waals surface area contributed by atoms with E-state index in [1.165, 1.54) is 0 Å². The van der Waals surface area contributed by atoms with E-state index in [-0.39, 0.29) is 99.1 Å². The largest absolute Gasteiger partial charge is 0.374 e. The highest BCUT2D eigenvalue weighted by Gasteiger charge is 2.54. The Morgan fingerprint density at radius 2 is 0.439 bits per heavy atom. The Morgan fingerprint density at radius 3 is 0.649 bits per heavy atom. The van der Waals surface area contributed by atoms with Crippen LogP contribution in [0, 0.1) is 0 Å². The second-order valence-corrected chi connectivity index (χ2v) is 28.7. The first-order valence-corrected chi connectivity index (χ1v) is 38.8. The Bertz CT molecular complexity index is 4290. The molecule has 24 nitrogen and oxygen atoms in total. The molecule has 3 fully saturated rings. The van der Waals surface area contributed by atoms with Crippen molar-refractivity contribution in [3.63, 3.8) is 0 Å². The van der Waals surface area contributed by atoms with Crippen LogP contribution in [0.3, 0.4) is 0 Å². The minimum atomic E-state index is -1.00. The van der Waals surface area contributed by atoms with Crippen LogP contribution in [-0.2, 0) is 150 Å². The quantitative estimate of drug-likeness (QED) is 0.0407. The van der Waals surface area contributed by atoms with Crippen molar-refractivity contribution in [3.05, 3.63) is 359 Å². The van der Waals surface area contributed by atoms with Crippen LogP contribution in [0.5, 0.6) is 0 Å². The summed E-state index contributed by atoms with van der Waals surface area (Å²) in [6.07, 6.45) is -8.19. The highest BCUT2D eigenvalue weighted by molar-refractivity contribution is 5.21. The molecular formula is C90H93N9O15. The van der Waals surface area contributed by atoms with Crippen LogP contribution in [0.25, 0.3) is 0 Å². The maximum absolute atomic E-state index is 7.42. The number of hydrogen-bond donors (Lipinski definition) is 0. The van der Waals surface area contributed by atoms with Gasteiger partial charge in [-0.15, -0.1) is 15.3 Å². The summed E-state index contributed by atoms with van der Waals surface area (Å²) in [6.45, 7) is 1.72. The highest BCUT2D eigenvalue weighted by Crippen LogP contribution is 2.41. The SMILES string of the molecule is c1ccc(COCC2OC3C(OCc4ccccc4)C(OCc4ccccc4)C2OCc2cn(nn2)C2OC(COCc4ccccc4)C(OCc4cn(nn4)C4OC(COCc5ccccc5)C(OCc5cn3nn5)C(OCc3ccccc3)C4OCc3ccccc3)C(OCc3ccccc3)C2OCc2ccccc2)cc1. The third-order valence-electron chi connectivity index (χ3n) is 20.4. The Hall–Kier alpha value is -10.2. The molecule has 0 amide bonds. The summed E-state index contributed by atoms with van der Waals surface area (Å²) >= 11 is 0. The molecule has 9 aromatic carbocycles. The maximum Gasteiger partial charge on any atom is 0.181 e. The van der Waals surface area contributed by atoms with Crippen LogP contribution >= 0.6 is 0 Å². The van der Waals surface area contributed by atoms with Gasteiger partial charge in [0.1, 0.15) is 90.3 Å². The lowest BCUT2D eigenvalue weighted by Crippen LogP contribution is -2.59. The zero-order valence-corrected chi connectivity index (χ0v) is 63.1. The molecule has 588 valence electrons. The van der Waals surface area contributed by atoms with Gasteiger partial charge < -0.3 is 71.1 Å². The molecule has 3 saturated heterocycles. The van der Waals surface area contributed by atoms with E-state index < -0.39 is 91.9 Å². The predicted molar refractivity (Wildman–Crippen MR) is 416 cm³/mol. The topological polar surface area (TPSA) is 231 Å². The molecule has 12 aromatic rings. The molecule has 0 saturated carbocycles. The third-order valence-corrected chi connectivity index (χ3v) is 20.4. The number of nitrogens with zero attached hydrogens (tertiary/aromatic N) is 9. The summed E-state index contributed by atoms with van der Waals surface area (Å²) in [6, 6.07) is 89.8. The third kappa shape index (κ3) is 20.7. The van der Waals surface area contributed by atoms with Gasteiger partial charge in [0.25, 0.3) is 0 Å². The van der Waals surface area contributed by atoms with Gasteiger partial charge >= 0.3 is 0 Å². The minimum Gasteiger partial charge on any atom is -0.374 e. The fourth-order valence-corrected chi connectivity index (χ4v) is 14.7. The average Bonchev–Trinajstić information content (AvgIpc) is 1.27. The van der Waals surface area contributed by atoms with Crippen molar-refractivity contribution >= 4 is 0 Å². The number of aromatic nitrogens is 9. The van der Waals surface area contributed by atoms with E-state index in [9.17, 15) is 0 Å². The second-order valence-electron chi connectivity index (χ2n) is 28.7. The molecule has 10 heterocycles. The lowest BCUT2D eigenvalue weighted by Gasteiger charge is -2.46. The van der Waals surface area contributed by atoms with Crippen LogP contribution in [0.1, 0.15) is 85.8 Å². The standard InChI is InChI=1S/C90H93N9O15/c1-10-28-64(29-11-1)49-100-61-76-79-82(103-52-67-34-16-4-17-35-67)85(106-55-70-40-22-7-23-41-70)88(112-76)97-46-74(92-94-97)59-110-80-77(62-101-50-65-30-12-2-13-31-65)114-90(87(108-57-72-44-26-9-27-45-72)83(80)104-53-68-36-18-5-19-37-68)99-48-75(93-96-99)60-111-81-78(63-102-51-66-32-14-3-15-33-66)113-89(98-47-73(58-109-79)91-95-98)86(107-56-71-42-24-8-25-43-71)84(81)105-54-69-38-20-6-21-39-69/h1-48,76-90H,49-63H2. The summed E-state index contributed by atoms with van der Waals surface area (Å²) < 4.78 is 113. The Kier molecular flexibility index (Phi) is 27.1. The van der Waals surface area contributed by atoms with Crippen LogP contribution in [0.4, 0.5) is 0 Å². The number of fused-ring (bicyclic) bond motifs is 2. The van der Waals surface area contributed by atoms with E-state index in [1.54, 1.807) is 14.0 Å². The zero-order chi connectivity index (χ0) is 76.7. The first-order valence-electron chi connectivity index (χ1n) is 38.8. The molecule has 7 aliphatic heterocycles. The van der Waals surface area contributed by atoms with Gasteiger partial charge in [-0.1, -0.05) is 289 Å². The number of benzene rings is 9. The van der Waals surface area contributed by atoms with Gasteiger partial charge in [0, 0.05) is 0 Å².